The van der Waals surface area contributed by atoms with Gasteiger partial charge in [-0.2, -0.15) is 0 Å². The number of carboxylic acids is 1. The average Bonchev–Trinajstić information content (AvgIpc) is 3.12. The molecule has 1 saturated carbocycles. The van der Waals surface area contributed by atoms with E-state index >= 15 is 0 Å². The van der Waals surface area contributed by atoms with Gasteiger partial charge in [0.1, 0.15) is 5.75 Å². The lowest BCUT2D eigenvalue weighted by Crippen LogP contribution is -2.14. The molecule has 1 atom stereocenters. The van der Waals surface area contributed by atoms with Gasteiger partial charge in [-0.05, 0) is 32.3 Å². The Morgan fingerprint density at radius 3 is 2.89 bits per heavy atom. The van der Waals surface area contributed by atoms with Gasteiger partial charge in [0, 0.05) is 18.0 Å². The van der Waals surface area contributed by atoms with Crippen LogP contribution in [0.1, 0.15) is 42.9 Å². The highest BCUT2D eigenvalue weighted by Gasteiger charge is 2.25. The summed E-state index contributed by atoms with van der Waals surface area (Å²) >= 11 is 0. The molecule has 0 radical (unpaired) electrons. The molecule has 0 bridgehead atoms. The Hall–Kier alpha value is -1.55. The van der Waals surface area contributed by atoms with Gasteiger partial charge < -0.3 is 15.6 Å². The van der Waals surface area contributed by atoms with Crippen molar-refractivity contribution in [1.82, 2.24) is 0 Å². The van der Waals surface area contributed by atoms with Gasteiger partial charge >= 0.3 is 5.97 Å². The zero-order chi connectivity index (χ0) is 13.1. The maximum Gasteiger partial charge on any atom is 0.303 e. The molecule has 0 spiro atoms. The van der Waals surface area contributed by atoms with Crippen LogP contribution in [0.25, 0.3) is 0 Å². The molecule has 0 amide bonds. The molecule has 4 heteroatoms. The number of rotatable bonds is 6. The van der Waals surface area contributed by atoms with E-state index in [4.69, 9.17) is 15.6 Å². The molecule has 98 valence electrons. The first-order valence-corrected chi connectivity index (χ1v) is 6.31. The minimum Gasteiger partial charge on any atom is -0.490 e. The molecule has 1 fully saturated rings. The summed E-state index contributed by atoms with van der Waals surface area (Å²) in [5.41, 5.74) is 8.10. The fraction of sp³-hybridized carbons (Fsp3) is 0.500. The predicted molar refractivity (Wildman–Crippen MR) is 68.6 cm³/mol. The van der Waals surface area contributed by atoms with Gasteiger partial charge in [-0.1, -0.05) is 17.7 Å². The van der Waals surface area contributed by atoms with Gasteiger partial charge in [0.25, 0.3) is 0 Å². The van der Waals surface area contributed by atoms with Crippen LogP contribution in [0.4, 0.5) is 0 Å². The van der Waals surface area contributed by atoms with Gasteiger partial charge in [0.15, 0.2) is 0 Å². The topological polar surface area (TPSA) is 72.5 Å². The fourth-order valence-corrected chi connectivity index (χ4v) is 1.86. The molecular formula is C14H19NO3. The second-order valence-electron chi connectivity index (χ2n) is 4.90. The third kappa shape index (κ3) is 3.47. The second-order valence-corrected chi connectivity index (χ2v) is 4.90. The number of carboxylic acid groups (broad SMARTS) is 1. The predicted octanol–water partition coefficient (Wildman–Crippen LogP) is 2.40. The van der Waals surface area contributed by atoms with Crippen molar-refractivity contribution in [2.24, 2.45) is 5.73 Å². The van der Waals surface area contributed by atoms with Crippen molar-refractivity contribution in [2.75, 3.05) is 0 Å². The van der Waals surface area contributed by atoms with Gasteiger partial charge in [0.05, 0.1) is 6.10 Å². The van der Waals surface area contributed by atoms with Gasteiger partial charge in [-0.3, -0.25) is 4.79 Å². The lowest BCUT2D eigenvalue weighted by Gasteiger charge is -2.17. The highest BCUT2D eigenvalue weighted by Crippen LogP contribution is 2.33. The van der Waals surface area contributed by atoms with Crippen molar-refractivity contribution < 1.29 is 14.6 Å². The van der Waals surface area contributed by atoms with Crippen LogP contribution in [-0.4, -0.2) is 17.2 Å². The van der Waals surface area contributed by atoms with E-state index in [9.17, 15) is 4.79 Å². The summed E-state index contributed by atoms with van der Waals surface area (Å²) in [6.07, 6.45) is 3.02. The molecule has 4 nitrogen and oxygen atoms in total. The summed E-state index contributed by atoms with van der Waals surface area (Å²) < 4.78 is 5.81. The van der Waals surface area contributed by atoms with E-state index in [2.05, 4.69) is 0 Å². The molecule has 0 heterocycles. The molecule has 3 N–H and O–H groups in total. The van der Waals surface area contributed by atoms with Gasteiger partial charge in [-0.15, -0.1) is 0 Å². The molecule has 1 aliphatic carbocycles. The first-order valence-electron chi connectivity index (χ1n) is 6.31. The van der Waals surface area contributed by atoms with E-state index in [-0.39, 0.29) is 12.5 Å². The summed E-state index contributed by atoms with van der Waals surface area (Å²) in [6, 6.07) is 5.63. The normalized spacial score (nSPS) is 16.3. The maximum absolute atomic E-state index is 10.6. The molecule has 1 aromatic carbocycles. The zero-order valence-corrected chi connectivity index (χ0v) is 10.6. The third-order valence-corrected chi connectivity index (χ3v) is 3.05. The number of hydrogen-bond donors (Lipinski definition) is 2. The summed E-state index contributed by atoms with van der Waals surface area (Å²) in [6.45, 7) is 1.99. The monoisotopic (exact) mass is 249 g/mol. The lowest BCUT2D eigenvalue weighted by atomic mass is 10.00. The molecule has 0 saturated heterocycles. The number of carbonyl (C=O) groups is 1. The molecule has 18 heavy (non-hydrogen) atoms. The lowest BCUT2D eigenvalue weighted by molar-refractivity contribution is -0.137. The van der Waals surface area contributed by atoms with Crippen molar-refractivity contribution in [3.8, 4) is 5.75 Å². The molecule has 1 unspecified atom stereocenters. The zero-order valence-electron chi connectivity index (χ0n) is 10.6. The average molecular weight is 249 g/mol. The number of aryl methyl sites for hydroxylation is 1. The Morgan fingerprint density at radius 1 is 1.56 bits per heavy atom. The van der Waals surface area contributed by atoms with E-state index in [1.807, 2.05) is 25.1 Å². The summed E-state index contributed by atoms with van der Waals surface area (Å²) in [5.74, 6) is -0.0104. The molecule has 0 aliphatic heterocycles. The van der Waals surface area contributed by atoms with Crippen molar-refractivity contribution in [3.05, 3.63) is 29.3 Å². The summed E-state index contributed by atoms with van der Waals surface area (Å²) in [4.78, 5) is 10.6. The van der Waals surface area contributed by atoms with Gasteiger partial charge in [0.2, 0.25) is 0 Å². The summed E-state index contributed by atoms with van der Waals surface area (Å²) in [7, 11) is 0. The van der Waals surface area contributed by atoms with E-state index < -0.39 is 5.97 Å². The van der Waals surface area contributed by atoms with Crippen molar-refractivity contribution in [3.63, 3.8) is 0 Å². The van der Waals surface area contributed by atoms with E-state index in [1.54, 1.807) is 0 Å². The SMILES string of the molecule is Cc1ccc(OC2CC2)c(C(N)CCC(=O)O)c1. The number of nitrogens with two attached hydrogens (primary N) is 1. The molecule has 1 aliphatic rings. The van der Waals surface area contributed by atoms with Gasteiger partial charge in [-0.25, -0.2) is 0 Å². The van der Waals surface area contributed by atoms with Crippen LogP contribution in [-0.2, 0) is 4.79 Å². The van der Waals surface area contributed by atoms with Crippen LogP contribution < -0.4 is 10.5 Å². The standard InChI is InChI=1S/C14H19NO3/c1-9-2-6-13(18-10-3-4-10)11(8-9)12(15)5-7-14(16)17/h2,6,8,10,12H,3-5,7,15H2,1H3,(H,16,17). The number of benzene rings is 1. The Kier molecular flexibility index (Phi) is 3.87. The minimum absolute atomic E-state index is 0.0813. The van der Waals surface area contributed by atoms with E-state index in [0.717, 1.165) is 29.7 Å². The van der Waals surface area contributed by atoms with Crippen molar-refractivity contribution in [1.29, 1.82) is 0 Å². The van der Waals surface area contributed by atoms with Crippen LogP contribution in [0.2, 0.25) is 0 Å². The van der Waals surface area contributed by atoms with Crippen molar-refractivity contribution in [2.45, 2.75) is 44.8 Å². The first-order chi connectivity index (χ1) is 8.56. The minimum atomic E-state index is -0.817. The van der Waals surface area contributed by atoms with E-state index in [1.165, 1.54) is 0 Å². The van der Waals surface area contributed by atoms with Crippen LogP contribution >= 0.6 is 0 Å². The van der Waals surface area contributed by atoms with Crippen LogP contribution in [0.15, 0.2) is 18.2 Å². The Bertz CT molecular complexity index is 441. The second kappa shape index (κ2) is 5.40. The Morgan fingerprint density at radius 2 is 2.28 bits per heavy atom. The molecular weight excluding hydrogens is 230 g/mol. The van der Waals surface area contributed by atoms with Crippen LogP contribution in [0.3, 0.4) is 0 Å². The number of ether oxygens (including phenoxy) is 1. The quantitative estimate of drug-likeness (QED) is 0.812. The molecule has 2 rings (SSSR count). The fourth-order valence-electron chi connectivity index (χ4n) is 1.86. The Labute approximate surface area is 107 Å². The maximum atomic E-state index is 10.6. The third-order valence-electron chi connectivity index (χ3n) is 3.05. The first kappa shape index (κ1) is 12.9. The Balaban J connectivity index is 2.11. The van der Waals surface area contributed by atoms with Crippen molar-refractivity contribution >= 4 is 5.97 Å². The smallest absolute Gasteiger partial charge is 0.303 e. The highest BCUT2D eigenvalue weighted by atomic mass is 16.5. The molecule has 0 aromatic heterocycles. The highest BCUT2D eigenvalue weighted by molar-refractivity contribution is 5.66. The van der Waals surface area contributed by atoms with E-state index in [0.29, 0.717) is 12.5 Å². The number of aliphatic carboxylic acids is 1. The summed E-state index contributed by atoms with van der Waals surface area (Å²) in [5, 5.41) is 8.70. The molecule has 1 aromatic rings. The number of hydrogen-bond acceptors (Lipinski definition) is 3. The van der Waals surface area contributed by atoms with Crippen LogP contribution in [0, 0.1) is 6.92 Å². The largest absolute Gasteiger partial charge is 0.490 e. The van der Waals surface area contributed by atoms with Crippen LogP contribution in [0.5, 0.6) is 5.75 Å².